The van der Waals surface area contributed by atoms with E-state index in [1.54, 1.807) is 0 Å². The number of nitrogens with one attached hydrogen (secondary N) is 1. The van der Waals surface area contributed by atoms with Gasteiger partial charge in [0.05, 0.1) is 17.3 Å². The second-order valence-electron chi connectivity index (χ2n) is 8.19. The first-order valence-corrected chi connectivity index (χ1v) is 14.4. The molecule has 1 aliphatic heterocycles. The maximum absolute atomic E-state index is 12.4. The van der Waals surface area contributed by atoms with Crippen molar-refractivity contribution in [3.63, 3.8) is 0 Å². The van der Waals surface area contributed by atoms with Crippen LogP contribution in [-0.2, 0) is 21.2 Å². The Morgan fingerprint density at radius 3 is 2.56 bits per heavy atom. The van der Waals surface area contributed by atoms with Gasteiger partial charge in [0.25, 0.3) is 0 Å². The molecule has 7 nitrogen and oxygen atoms in total. The minimum atomic E-state index is -3.02. The molecule has 176 valence electrons. The highest BCUT2D eigenvalue weighted by Gasteiger charge is 2.29. The highest BCUT2D eigenvalue weighted by molar-refractivity contribution is 7.99. The van der Waals surface area contributed by atoms with E-state index in [4.69, 9.17) is 11.6 Å². The molecule has 1 amide bonds. The average molecular weight is 499 g/mol. The number of hydrogen-bond acceptors (Lipinski definition) is 6. The van der Waals surface area contributed by atoms with Gasteiger partial charge in [0.1, 0.15) is 0 Å². The first kappa shape index (κ1) is 25.1. The van der Waals surface area contributed by atoms with Crippen LogP contribution in [0.25, 0.3) is 11.4 Å². The predicted octanol–water partition coefficient (Wildman–Crippen LogP) is 4.35. The van der Waals surface area contributed by atoms with E-state index in [1.165, 1.54) is 37.4 Å². The molecule has 10 heteroatoms. The number of sulfone groups is 1. The number of nitrogens with zero attached hydrogens (tertiary/aromatic N) is 3. The summed E-state index contributed by atoms with van der Waals surface area (Å²) in [5, 5.41) is 12.9. The van der Waals surface area contributed by atoms with Crippen molar-refractivity contribution in [2.24, 2.45) is 0 Å². The molecule has 0 bridgehead atoms. The van der Waals surface area contributed by atoms with Crippen molar-refractivity contribution in [2.45, 2.75) is 69.6 Å². The van der Waals surface area contributed by atoms with Crippen LogP contribution in [0.1, 0.15) is 51.9 Å². The van der Waals surface area contributed by atoms with Gasteiger partial charge in [0.15, 0.2) is 20.8 Å². The Balaban J connectivity index is 1.63. The van der Waals surface area contributed by atoms with Crippen LogP contribution in [0.5, 0.6) is 0 Å². The number of carbonyl (C=O) groups excluding carboxylic acids is 1. The molecule has 1 saturated heterocycles. The Bertz CT molecular complexity index is 993. The van der Waals surface area contributed by atoms with Crippen LogP contribution in [-0.4, -0.2) is 52.4 Å². The number of amides is 1. The van der Waals surface area contributed by atoms with Crippen LogP contribution in [0, 0.1) is 0 Å². The molecule has 0 aliphatic carbocycles. The van der Waals surface area contributed by atoms with Crippen LogP contribution in [0.2, 0.25) is 5.02 Å². The largest absolute Gasteiger partial charge is 0.352 e. The quantitative estimate of drug-likeness (QED) is 0.345. The monoisotopic (exact) mass is 498 g/mol. The van der Waals surface area contributed by atoms with Crippen molar-refractivity contribution >= 4 is 39.1 Å². The summed E-state index contributed by atoms with van der Waals surface area (Å²) in [7, 11) is -3.02. The number of unbranched alkanes of at least 4 members (excludes halogenated alkanes) is 5. The number of halogens is 1. The van der Waals surface area contributed by atoms with Gasteiger partial charge in [0.2, 0.25) is 5.91 Å². The van der Waals surface area contributed by atoms with Crippen molar-refractivity contribution in [1.82, 2.24) is 20.1 Å². The minimum Gasteiger partial charge on any atom is -0.352 e. The summed E-state index contributed by atoms with van der Waals surface area (Å²) < 4.78 is 25.3. The van der Waals surface area contributed by atoms with E-state index < -0.39 is 9.84 Å². The fourth-order valence-electron chi connectivity index (χ4n) is 3.77. The summed E-state index contributed by atoms with van der Waals surface area (Å²) in [5.41, 5.74) is 0.931. The van der Waals surface area contributed by atoms with Crippen molar-refractivity contribution in [1.29, 1.82) is 0 Å². The van der Waals surface area contributed by atoms with Gasteiger partial charge in [-0.3, -0.25) is 4.79 Å². The molecule has 1 atom stereocenters. The first-order chi connectivity index (χ1) is 15.4. The molecule has 0 saturated carbocycles. The molecule has 1 aromatic heterocycles. The zero-order valence-electron chi connectivity index (χ0n) is 18.4. The fourth-order valence-corrected chi connectivity index (χ4v) is 6.34. The summed E-state index contributed by atoms with van der Waals surface area (Å²) in [5.74, 6) is 0.922. The molecule has 1 N–H and O–H groups in total. The van der Waals surface area contributed by atoms with Crippen molar-refractivity contribution in [3.8, 4) is 11.4 Å². The van der Waals surface area contributed by atoms with Crippen LogP contribution >= 0.6 is 23.4 Å². The highest BCUT2D eigenvalue weighted by atomic mass is 35.5. The zero-order valence-corrected chi connectivity index (χ0v) is 20.8. The maximum atomic E-state index is 12.4. The van der Waals surface area contributed by atoms with Crippen LogP contribution < -0.4 is 5.32 Å². The van der Waals surface area contributed by atoms with Crippen LogP contribution in [0.3, 0.4) is 0 Å². The number of hydrogen-bond donors (Lipinski definition) is 1. The lowest BCUT2D eigenvalue weighted by molar-refractivity contribution is -0.119. The van der Waals surface area contributed by atoms with E-state index in [1.807, 2.05) is 24.3 Å². The fraction of sp³-hybridized carbons (Fsp3) is 0.591. The Labute approximate surface area is 199 Å². The molecule has 1 aliphatic rings. The Kier molecular flexibility index (Phi) is 9.43. The van der Waals surface area contributed by atoms with E-state index in [2.05, 4.69) is 27.0 Å². The van der Waals surface area contributed by atoms with Crippen molar-refractivity contribution in [3.05, 3.63) is 29.3 Å². The third-order valence-electron chi connectivity index (χ3n) is 5.48. The summed E-state index contributed by atoms with van der Waals surface area (Å²) in [6.45, 7) is 2.99. The molecule has 1 unspecified atom stereocenters. The third-order valence-corrected chi connectivity index (χ3v) is 8.47. The molecule has 2 heterocycles. The molecular formula is C22H31ClN4O3S2. The smallest absolute Gasteiger partial charge is 0.230 e. The van der Waals surface area contributed by atoms with Gasteiger partial charge < -0.3 is 9.88 Å². The van der Waals surface area contributed by atoms with Gasteiger partial charge in [0, 0.05) is 23.2 Å². The Morgan fingerprint density at radius 1 is 1.16 bits per heavy atom. The summed E-state index contributed by atoms with van der Waals surface area (Å²) in [4.78, 5) is 12.4. The number of aromatic nitrogens is 3. The first-order valence-electron chi connectivity index (χ1n) is 11.2. The Morgan fingerprint density at radius 2 is 1.88 bits per heavy atom. The van der Waals surface area contributed by atoms with Gasteiger partial charge >= 0.3 is 0 Å². The van der Waals surface area contributed by atoms with Gasteiger partial charge in [-0.1, -0.05) is 62.4 Å². The lowest BCUT2D eigenvalue weighted by Crippen LogP contribution is -2.36. The highest BCUT2D eigenvalue weighted by Crippen LogP contribution is 2.26. The van der Waals surface area contributed by atoms with Crippen molar-refractivity contribution in [2.75, 3.05) is 17.3 Å². The number of rotatable bonds is 12. The lowest BCUT2D eigenvalue weighted by atomic mass is 10.1. The lowest BCUT2D eigenvalue weighted by Gasteiger charge is -2.12. The number of carbonyl (C=O) groups is 1. The van der Waals surface area contributed by atoms with Crippen LogP contribution in [0.4, 0.5) is 0 Å². The molecule has 2 aromatic rings. The average Bonchev–Trinajstić information content (AvgIpc) is 3.32. The van der Waals surface area contributed by atoms with Crippen LogP contribution in [0.15, 0.2) is 29.4 Å². The molecule has 1 fully saturated rings. The normalized spacial score (nSPS) is 17.5. The van der Waals surface area contributed by atoms with Crippen molar-refractivity contribution < 1.29 is 13.2 Å². The molecule has 0 spiro atoms. The van der Waals surface area contributed by atoms with Gasteiger partial charge in [-0.15, -0.1) is 10.2 Å². The van der Waals surface area contributed by atoms with Gasteiger partial charge in [-0.25, -0.2) is 8.42 Å². The predicted molar refractivity (Wildman–Crippen MR) is 130 cm³/mol. The third kappa shape index (κ3) is 7.49. The van der Waals surface area contributed by atoms with E-state index in [-0.39, 0.29) is 29.2 Å². The van der Waals surface area contributed by atoms with E-state index in [9.17, 15) is 13.2 Å². The Hall–Kier alpha value is -1.58. The molecular weight excluding hydrogens is 468 g/mol. The minimum absolute atomic E-state index is 0.0261. The molecule has 0 radical (unpaired) electrons. The summed E-state index contributed by atoms with van der Waals surface area (Å²) >= 11 is 7.36. The SMILES string of the molecule is CCCCCCCCn1c(SCC(=O)NC2CCS(=O)(=O)C2)nnc1-c1ccc(Cl)cc1. The molecule has 3 rings (SSSR count). The summed E-state index contributed by atoms with van der Waals surface area (Å²) in [6, 6.07) is 7.21. The second-order valence-corrected chi connectivity index (χ2v) is 11.8. The van der Waals surface area contributed by atoms with Gasteiger partial charge in [-0.05, 0) is 37.1 Å². The summed E-state index contributed by atoms with van der Waals surface area (Å²) in [6.07, 6.45) is 7.58. The van der Waals surface area contributed by atoms with Gasteiger partial charge in [-0.2, -0.15) is 0 Å². The zero-order chi connectivity index (χ0) is 23.0. The number of benzene rings is 1. The van der Waals surface area contributed by atoms with E-state index in [0.29, 0.717) is 16.6 Å². The molecule has 1 aromatic carbocycles. The van der Waals surface area contributed by atoms with E-state index >= 15 is 0 Å². The standard InChI is InChI=1S/C22H31ClN4O3S2/c1-2-3-4-5-6-7-13-27-21(17-8-10-18(23)11-9-17)25-26-22(27)31-15-20(28)24-19-12-14-32(29,30)16-19/h8-11,19H,2-7,12-16H2,1H3,(H,24,28). The van der Waals surface area contributed by atoms with E-state index in [0.717, 1.165) is 30.8 Å². The second kappa shape index (κ2) is 12.0. The number of thioether (sulfide) groups is 1. The topological polar surface area (TPSA) is 94.0 Å². The maximum Gasteiger partial charge on any atom is 0.230 e. The molecule has 32 heavy (non-hydrogen) atoms.